The number of nitrogens with zero attached hydrogens (tertiary/aromatic N) is 2. The first-order valence-corrected chi connectivity index (χ1v) is 14.3. The average molecular weight is 573 g/mol. The molecule has 1 heterocycles. The highest BCUT2D eigenvalue weighted by molar-refractivity contribution is 7.92. The highest BCUT2D eigenvalue weighted by atomic mass is 35.5. The van der Waals surface area contributed by atoms with Crippen LogP contribution < -0.4 is 19.1 Å². The van der Waals surface area contributed by atoms with Crippen LogP contribution in [0, 0.1) is 0 Å². The zero-order chi connectivity index (χ0) is 27.3. The third-order valence-electron chi connectivity index (χ3n) is 6.15. The molecule has 12 heteroatoms. The lowest BCUT2D eigenvalue weighted by molar-refractivity contribution is -0.139. The molecule has 202 valence electrons. The summed E-state index contributed by atoms with van der Waals surface area (Å²) in [5.41, 5.74) is 0.816. The summed E-state index contributed by atoms with van der Waals surface area (Å²) in [5.74, 6) is -0.305. The largest absolute Gasteiger partial charge is 0.454 e. The molecule has 3 rings (SSSR count). The first kappa shape index (κ1) is 28.9. The van der Waals surface area contributed by atoms with Crippen LogP contribution in [0.4, 0.5) is 5.69 Å². The molecule has 0 fully saturated rings. The molecule has 0 unspecified atom stereocenters. The minimum absolute atomic E-state index is 0.0227. The van der Waals surface area contributed by atoms with Gasteiger partial charge in [-0.25, -0.2) is 8.42 Å². The van der Waals surface area contributed by atoms with Gasteiger partial charge in [-0.2, -0.15) is 0 Å². The number of amides is 2. The van der Waals surface area contributed by atoms with Gasteiger partial charge in [0, 0.05) is 28.7 Å². The Morgan fingerprint density at radius 1 is 1.05 bits per heavy atom. The fourth-order valence-corrected chi connectivity index (χ4v) is 5.16. The van der Waals surface area contributed by atoms with Crippen LogP contribution in [0.25, 0.3) is 0 Å². The van der Waals surface area contributed by atoms with Crippen molar-refractivity contribution in [3.8, 4) is 11.5 Å². The Hall–Kier alpha value is -2.69. The lowest BCUT2D eigenvalue weighted by atomic mass is 10.1. The summed E-state index contributed by atoms with van der Waals surface area (Å²) in [7, 11) is -3.87. The summed E-state index contributed by atoms with van der Waals surface area (Å²) in [6, 6.07) is 8.50. The predicted octanol–water partition coefficient (Wildman–Crippen LogP) is 4.21. The SMILES string of the molecule is CC[C@@H](C)NC(=O)[C@@H](C)N(Cc1ccc(Cl)cc1Cl)C(=O)CN(c1ccc2c(c1)OCO2)S(=O)(=O)CC. The van der Waals surface area contributed by atoms with Crippen molar-refractivity contribution in [2.45, 2.75) is 52.7 Å². The molecule has 0 aromatic heterocycles. The summed E-state index contributed by atoms with van der Waals surface area (Å²) in [4.78, 5) is 28.0. The molecule has 2 atom stereocenters. The number of hydrogen-bond donors (Lipinski definition) is 1. The van der Waals surface area contributed by atoms with Crippen LogP contribution in [0.1, 0.15) is 39.7 Å². The van der Waals surface area contributed by atoms with E-state index in [4.69, 9.17) is 32.7 Å². The van der Waals surface area contributed by atoms with Crippen LogP contribution in [0.5, 0.6) is 11.5 Å². The smallest absolute Gasteiger partial charge is 0.244 e. The first-order valence-electron chi connectivity index (χ1n) is 11.9. The molecule has 0 radical (unpaired) electrons. The van der Waals surface area contributed by atoms with Crippen molar-refractivity contribution in [3.05, 3.63) is 52.0 Å². The van der Waals surface area contributed by atoms with E-state index >= 15 is 0 Å². The molecule has 1 N–H and O–H groups in total. The Balaban J connectivity index is 1.96. The molecule has 2 aromatic carbocycles. The fraction of sp³-hybridized carbons (Fsp3) is 0.440. The number of nitrogens with one attached hydrogen (secondary N) is 1. The monoisotopic (exact) mass is 571 g/mol. The van der Waals surface area contributed by atoms with Crippen molar-refractivity contribution >= 4 is 50.7 Å². The Bertz CT molecular complexity index is 1260. The molecule has 0 saturated heterocycles. The molecule has 1 aliphatic rings. The van der Waals surface area contributed by atoms with Crippen molar-refractivity contribution in [2.75, 3.05) is 23.4 Å². The van der Waals surface area contributed by atoms with Gasteiger partial charge in [-0.15, -0.1) is 0 Å². The van der Waals surface area contributed by atoms with Crippen molar-refractivity contribution < 1.29 is 27.5 Å². The molecule has 0 aliphatic carbocycles. The van der Waals surface area contributed by atoms with Gasteiger partial charge in [0.15, 0.2) is 11.5 Å². The summed E-state index contributed by atoms with van der Waals surface area (Å²) >= 11 is 12.4. The Kier molecular flexibility index (Phi) is 9.55. The van der Waals surface area contributed by atoms with E-state index in [0.717, 1.165) is 4.31 Å². The van der Waals surface area contributed by atoms with E-state index in [2.05, 4.69) is 5.32 Å². The lowest BCUT2D eigenvalue weighted by Crippen LogP contribution is -2.52. The van der Waals surface area contributed by atoms with Crippen LogP contribution in [0.2, 0.25) is 10.0 Å². The van der Waals surface area contributed by atoms with Crippen LogP contribution in [-0.4, -0.2) is 56.3 Å². The minimum atomic E-state index is -3.87. The van der Waals surface area contributed by atoms with Gasteiger partial charge in [-0.1, -0.05) is 36.2 Å². The molecule has 37 heavy (non-hydrogen) atoms. The lowest BCUT2D eigenvalue weighted by Gasteiger charge is -2.32. The van der Waals surface area contributed by atoms with Crippen LogP contribution in [0.15, 0.2) is 36.4 Å². The normalized spacial score (nSPS) is 14.1. The van der Waals surface area contributed by atoms with E-state index in [1.165, 1.54) is 17.9 Å². The molecule has 0 saturated carbocycles. The second kappa shape index (κ2) is 12.2. The fourth-order valence-electron chi connectivity index (χ4n) is 3.64. The standard InChI is InChI=1S/C25H31Cl2N3O6S/c1-5-16(3)28-25(32)17(4)29(13-18-7-8-19(26)11-21(18)27)24(31)14-30(37(33,34)6-2)20-9-10-22-23(12-20)36-15-35-22/h7-12,16-17H,5-6,13-15H2,1-4H3,(H,28,32)/t16-,17-/m1/s1. The van der Waals surface area contributed by atoms with Crippen molar-refractivity contribution in [1.82, 2.24) is 10.2 Å². The number of halogens is 2. The zero-order valence-electron chi connectivity index (χ0n) is 21.2. The van der Waals surface area contributed by atoms with Gasteiger partial charge in [0.05, 0.1) is 11.4 Å². The van der Waals surface area contributed by atoms with Crippen LogP contribution >= 0.6 is 23.2 Å². The maximum absolute atomic E-state index is 13.7. The number of benzene rings is 2. The molecule has 9 nitrogen and oxygen atoms in total. The molecule has 0 bridgehead atoms. The van der Waals surface area contributed by atoms with Crippen LogP contribution in [-0.2, 0) is 26.2 Å². The topological polar surface area (TPSA) is 105 Å². The second-order valence-electron chi connectivity index (χ2n) is 8.70. The average Bonchev–Trinajstić information content (AvgIpc) is 3.34. The van der Waals surface area contributed by atoms with E-state index in [1.54, 1.807) is 37.3 Å². The van der Waals surface area contributed by atoms with Crippen molar-refractivity contribution in [1.29, 1.82) is 0 Å². The first-order chi connectivity index (χ1) is 17.5. The minimum Gasteiger partial charge on any atom is -0.454 e. The molecule has 1 aliphatic heterocycles. The third kappa shape index (κ3) is 7.00. The Morgan fingerprint density at radius 3 is 2.41 bits per heavy atom. The Labute approximate surface area is 227 Å². The van der Waals surface area contributed by atoms with Gasteiger partial charge in [-0.05, 0) is 57.0 Å². The van der Waals surface area contributed by atoms with Gasteiger partial charge >= 0.3 is 0 Å². The number of hydrogen-bond acceptors (Lipinski definition) is 6. The summed E-state index contributed by atoms with van der Waals surface area (Å²) in [6.45, 7) is 6.36. The van der Waals surface area contributed by atoms with Gasteiger partial charge < -0.3 is 19.7 Å². The highest BCUT2D eigenvalue weighted by Gasteiger charge is 2.32. The summed E-state index contributed by atoms with van der Waals surface area (Å²) in [6.07, 6.45) is 0.710. The van der Waals surface area contributed by atoms with E-state index in [9.17, 15) is 18.0 Å². The number of ether oxygens (including phenoxy) is 2. The summed E-state index contributed by atoms with van der Waals surface area (Å²) in [5, 5.41) is 3.64. The number of fused-ring (bicyclic) bond motifs is 1. The van der Waals surface area contributed by atoms with Gasteiger partial charge in [0.25, 0.3) is 0 Å². The maximum Gasteiger partial charge on any atom is 0.244 e. The quantitative estimate of drug-likeness (QED) is 0.433. The highest BCUT2D eigenvalue weighted by Crippen LogP contribution is 2.36. The molecule has 0 spiro atoms. The van der Waals surface area contributed by atoms with Crippen molar-refractivity contribution in [2.24, 2.45) is 0 Å². The molecular weight excluding hydrogens is 541 g/mol. The molecule has 2 amide bonds. The van der Waals surface area contributed by atoms with E-state index in [-0.39, 0.29) is 36.7 Å². The second-order valence-corrected chi connectivity index (χ2v) is 11.7. The van der Waals surface area contributed by atoms with E-state index < -0.39 is 28.5 Å². The van der Waals surface area contributed by atoms with E-state index in [1.807, 2.05) is 13.8 Å². The number of anilines is 1. The predicted molar refractivity (Wildman–Crippen MR) is 144 cm³/mol. The van der Waals surface area contributed by atoms with Gasteiger partial charge in [0.2, 0.25) is 28.6 Å². The van der Waals surface area contributed by atoms with Gasteiger partial charge in [-0.3, -0.25) is 13.9 Å². The number of carbonyl (C=O) groups is 2. The number of sulfonamides is 1. The molecule has 2 aromatic rings. The third-order valence-corrected chi connectivity index (χ3v) is 8.48. The number of carbonyl (C=O) groups excluding carboxylic acids is 2. The Morgan fingerprint density at radius 2 is 1.76 bits per heavy atom. The zero-order valence-corrected chi connectivity index (χ0v) is 23.5. The molecular formula is C25H31Cl2N3O6S. The summed E-state index contributed by atoms with van der Waals surface area (Å²) < 4.78 is 37.9. The number of rotatable bonds is 11. The van der Waals surface area contributed by atoms with Gasteiger partial charge in [0.1, 0.15) is 12.6 Å². The maximum atomic E-state index is 13.7. The van der Waals surface area contributed by atoms with E-state index in [0.29, 0.717) is 33.5 Å². The van der Waals surface area contributed by atoms with Crippen LogP contribution in [0.3, 0.4) is 0 Å². The van der Waals surface area contributed by atoms with Crippen molar-refractivity contribution in [3.63, 3.8) is 0 Å².